The van der Waals surface area contributed by atoms with Crippen molar-refractivity contribution in [2.45, 2.75) is 12.8 Å². The highest BCUT2D eigenvalue weighted by atomic mass is 35.5. The van der Waals surface area contributed by atoms with E-state index in [9.17, 15) is 5.11 Å². The molecule has 1 aromatic heterocycles. The average Bonchev–Trinajstić information content (AvgIpc) is 2.77. The lowest BCUT2D eigenvalue weighted by molar-refractivity contribution is 0.222. The average molecular weight is 266 g/mol. The van der Waals surface area contributed by atoms with Gasteiger partial charge >= 0.3 is 0 Å². The number of aryl methyl sites for hydroxylation is 1. The minimum atomic E-state index is 0.134. The van der Waals surface area contributed by atoms with Crippen molar-refractivity contribution >= 4 is 11.6 Å². The van der Waals surface area contributed by atoms with E-state index in [-0.39, 0.29) is 12.5 Å². The fourth-order valence-electron chi connectivity index (χ4n) is 1.92. The molecule has 0 aliphatic heterocycles. The van der Waals surface area contributed by atoms with E-state index in [1.165, 1.54) is 11.9 Å². The highest BCUT2D eigenvalue weighted by Gasteiger charge is 2.12. The van der Waals surface area contributed by atoms with Gasteiger partial charge in [-0.2, -0.15) is 5.10 Å². The van der Waals surface area contributed by atoms with Gasteiger partial charge in [-0.25, -0.2) is 4.98 Å². The van der Waals surface area contributed by atoms with Crippen LogP contribution in [0.1, 0.15) is 11.4 Å². The van der Waals surface area contributed by atoms with Crippen LogP contribution in [0, 0.1) is 5.92 Å². The molecule has 18 heavy (non-hydrogen) atoms. The van der Waals surface area contributed by atoms with Gasteiger partial charge in [0.1, 0.15) is 12.2 Å². The van der Waals surface area contributed by atoms with Crippen molar-refractivity contribution in [3.63, 3.8) is 0 Å². The van der Waals surface area contributed by atoms with Crippen LogP contribution in [0.5, 0.6) is 0 Å². The van der Waals surface area contributed by atoms with Gasteiger partial charge in [0.15, 0.2) is 0 Å². The Bertz CT molecular complexity index is 495. The van der Waals surface area contributed by atoms with Crippen LogP contribution in [0.25, 0.3) is 0 Å². The molecule has 1 heterocycles. The summed E-state index contributed by atoms with van der Waals surface area (Å²) in [5.74, 6) is 1.04. The zero-order valence-electron chi connectivity index (χ0n) is 10.3. The molecule has 0 bridgehead atoms. The van der Waals surface area contributed by atoms with Crippen molar-refractivity contribution in [2.24, 2.45) is 13.0 Å². The first-order valence-electron chi connectivity index (χ1n) is 5.87. The first kappa shape index (κ1) is 13.1. The van der Waals surface area contributed by atoms with E-state index >= 15 is 0 Å². The zero-order chi connectivity index (χ0) is 13.0. The Balaban J connectivity index is 2.01. The lowest BCUT2D eigenvalue weighted by atomic mass is 9.97. The molecule has 1 atom stereocenters. The van der Waals surface area contributed by atoms with Crippen molar-refractivity contribution in [3.8, 4) is 0 Å². The van der Waals surface area contributed by atoms with Gasteiger partial charge in [-0.15, -0.1) is 0 Å². The highest BCUT2D eigenvalue weighted by Crippen LogP contribution is 2.15. The summed E-state index contributed by atoms with van der Waals surface area (Å²) >= 11 is 5.85. The molecular formula is C13H16ClN3O. The second-order valence-corrected chi connectivity index (χ2v) is 4.82. The third-order valence-electron chi connectivity index (χ3n) is 2.97. The number of aliphatic hydroxyl groups excluding tert-OH is 1. The van der Waals surface area contributed by atoms with Crippen molar-refractivity contribution < 1.29 is 5.11 Å². The third kappa shape index (κ3) is 3.31. The first-order valence-corrected chi connectivity index (χ1v) is 6.25. The number of aromatic nitrogens is 3. The Labute approximate surface area is 111 Å². The predicted octanol–water partition coefficient (Wildman–Crippen LogP) is 1.86. The van der Waals surface area contributed by atoms with Crippen molar-refractivity contribution in [2.75, 3.05) is 6.61 Å². The molecule has 0 amide bonds. The minimum Gasteiger partial charge on any atom is -0.396 e. The van der Waals surface area contributed by atoms with Crippen LogP contribution in [0.2, 0.25) is 5.02 Å². The largest absolute Gasteiger partial charge is 0.396 e. The summed E-state index contributed by atoms with van der Waals surface area (Å²) in [5, 5.41) is 14.2. The molecule has 0 fully saturated rings. The van der Waals surface area contributed by atoms with Crippen molar-refractivity contribution in [1.29, 1.82) is 0 Å². The molecule has 2 aromatic rings. The van der Waals surface area contributed by atoms with Crippen LogP contribution in [0.3, 0.4) is 0 Å². The Morgan fingerprint density at radius 2 is 2.00 bits per heavy atom. The Kier molecular flexibility index (Phi) is 4.33. The van der Waals surface area contributed by atoms with Crippen LogP contribution in [-0.2, 0) is 19.9 Å². The normalized spacial score (nSPS) is 12.6. The predicted molar refractivity (Wildman–Crippen MR) is 70.4 cm³/mol. The van der Waals surface area contributed by atoms with E-state index in [1.54, 1.807) is 4.68 Å². The van der Waals surface area contributed by atoms with Crippen LogP contribution < -0.4 is 0 Å². The van der Waals surface area contributed by atoms with Gasteiger partial charge in [0.2, 0.25) is 0 Å². The number of hydrogen-bond acceptors (Lipinski definition) is 3. The quantitative estimate of drug-likeness (QED) is 0.898. The number of aliphatic hydroxyl groups is 1. The fraction of sp³-hybridized carbons (Fsp3) is 0.385. The minimum absolute atomic E-state index is 0.134. The zero-order valence-corrected chi connectivity index (χ0v) is 11.0. The summed E-state index contributed by atoms with van der Waals surface area (Å²) in [6, 6.07) is 7.71. The maximum atomic E-state index is 9.45. The summed E-state index contributed by atoms with van der Waals surface area (Å²) in [7, 11) is 1.86. The van der Waals surface area contributed by atoms with Crippen molar-refractivity contribution in [3.05, 3.63) is 47.0 Å². The molecule has 1 aromatic carbocycles. The number of benzene rings is 1. The Morgan fingerprint density at radius 3 is 2.56 bits per heavy atom. The van der Waals surface area contributed by atoms with E-state index in [0.29, 0.717) is 0 Å². The van der Waals surface area contributed by atoms with Gasteiger partial charge in [-0.05, 0) is 30.0 Å². The molecule has 0 aliphatic carbocycles. The molecule has 0 saturated heterocycles. The van der Waals surface area contributed by atoms with Crippen LogP contribution in [-0.4, -0.2) is 26.5 Å². The smallest absolute Gasteiger partial charge is 0.138 e. The third-order valence-corrected chi connectivity index (χ3v) is 3.22. The van der Waals surface area contributed by atoms with Crippen LogP contribution in [0.4, 0.5) is 0 Å². The molecule has 0 aliphatic rings. The van der Waals surface area contributed by atoms with E-state index in [4.69, 9.17) is 11.6 Å². The monoisotopic (exact) mass is 265 g/mol. The van der Waals surface area contributed by atoms with Crippen LogP contribution in [0.15, 0.2) is 30.6 Å². The lowest BCUT2D eigenvalue weighted by Crippen LogP contribution is -2.15. The molecular weight excluding hydrogens is 250 g/mol. The van der Waals surface area contributed by atoms with Gasteiger partial charge < -0.3 is 5.11 Å². The van der Waals surface area contributed by atoms with Gasteiger partial charge in [0.25, 0.3) is 0 Å². The first-order chi connectivity index (χ1) is 8.69. The lowest BCUT2D eigenvalue weighted by Gasteiger charge is -2.13. The van der Waals surface area contributed by atoms with Crippen molar-refractivity contribution in [1.82, 2.24) is 14.8 Å². The van der Waals surface area contributed by atoms with Gasteiger partial charge in [0.05, 0.1) is 0 Å². The van der Waals surface area contributed by atoms with Gasteiger partial charge in [-0.1, -0.05) is 23.7 Å². The standard InChI is InChI=1S/C13H16ClN3O/c1-17-13(15-9-16-17)7-11(8-18)6-10-2-4-12(14)5-3-10/h2-5,9,11,18H,6-8H2,1H3. The number of halogens is 1. The van der Waals surface area contributed by atoms with Crippen LogP contribution >= 0.6 is 11.6 Å². The Hall–Kier alpha value is -1.39. The molecule has 96 valence electrons. The molecule has 0 spiro atoms. The van der Waals surface area contributed by atoms with Gasteiger partial charge in [0, 0.05) is 25.1 Å². The topological polar surface area (TPSA) is 50.9 Å². The molecule has 1 N–H and O–H groups in total. The summed E-state index contributed by atoms with van der Waals surface area (Å²) < 4.78 is 1.74. The fourth-order valence-corrected chi connectivity index (χ4v) is 2.04. The Morgan fingerprint density at radius 1 is 1.28 bits per heavy atom. The van der Waals surface area contributed by atoms with E-state index in [2.05, 4.69) is 10.1 Å². The maximum Gasteiger partial charge on any atom is 0.138 e. The van der Waals surface area contributed by atoms with E-state index < -0.39 is 0 Å². The van der Waals surface area contributed by atoms with E-state index in [1.807, 2.05) is 31.3 Å². The highest BCUT2D eigenvalue weighted by molar-refractivity contribution is 6.30. The molecule has 1 unspecified atom stereocenters. The molecule has 0 radical (unpaired) electrons. The summed E-state index contributed by atoms with van der Waals surface area (Å²) in [6.45, 7) is 0.134. The maximum absolute atomic E-state index is 9.45. The number of rotatable bonds is 5. The molecule has 4 nitrogen and oxygen atoms in total. The second-order valence-electron chi connectivity index (χ2n) is 4.38. The summed E-state index contributed by atoms with van der Waals surface area (Å²) in [4.78, 5) is 4.18. The second kappa shape index (κ2) is 5.98. The summed E-state index contributed by atoms with van der Waals surface area (Å²) in [5.41, 5.74) is 1.17. The molecule has 5 heteroatoms. The number of hydrogen-bond donors (Lipinski definition) is 1. The van der Waals surface area contributed by atoms with Gasteiger partial charge in [-0.3, -0.25) is 4.68 Å². The van der Waals surface area contributed by atoms with E-state index in [0.717, 1.165) is 23.7 Å². The number of nitrogens with zero attached hydrogens (tertiary/aromatic N) is 3. The molecule has 2 rings (SSSR count). The summed E-state index contributed by atoms with van der Waals surface area (Å²) in [6.07, 6.45) is 3.06. The molecule has 0 saturated carbocycles. The SMILES string of the molecule is Cn1ncnc1CC(CO)Cc1ccc(Cl)cc1.